The van der Waals surface area contributed by atoms with Crippen molar-refractivity contribution in [3.05, 3.63) is 35.9 Å². The average Bonchev–Trinajstić information content (AvgIpc) is 2.76. The Hall–Kier alpha value is -2.37. The van der Waals surface area contributed by atoms with Crippen molar-refractivity contribution in [1.82, 2.24) is 15.5 Å². The highest BCUT2D eigenvalue weighted by Crippen LogP contribution is 2.23. The first-order valence-electron chi connectivity index (χ1n) is 8.26. The fourth-order valence-corrected chi connectivity index (χ4v) is 2.62. The number of hydrogen-bond acceptors (Lipinski definition) is 3. The Morgan fingerprint density at radius 2 is 1.92 bits per heavy atom. The molecular formula is C18H25N3O3. The van der Waals surface area contributed by atoms with E-state index in [0.29, 0.717) is 25.3 Å². The molecule has 1 aromatic carbocycles. The number of amides is 4. The number of urea groups is 1. The Bertz CT molecular complexity index is 615. The smallest absolute Gasteiger partial charge is 0.325 e. The second-order valence-electron chi connectivity index (χ2n) is 6.84. The first-order chi connectivity index (χ1) is 11.3. The van der Waals surface area contributed by atoms with Gasteiger partial charge in [0.05, 0.1) is 0 Å². The van der Waals surface area contributed by atoms with E-state index in [0.717, 1.165) is 10.5 Å². The molecule has 2 rings (SSSR count). The van der Waals surface area contributed by atoms with Crippen LogP contribution in [0.5, 0.6) is 0 Å². The highest BCUT2D eigenvalue weighted by atomic mass is 16.2. The molecule has 0 saturated carbocycles. The van der Waals surface area contributed by atoms with Crippen molar-refractivity contribution in [3.63, 3.8) is 0 Å². The molecule has 1 saturated heterocycles. The molecule has 1 aromatic rings. The minimum atomic E-state index is -0.967. The first kappa shape index (κ1) is 18.0. The molecule has 0 aliphatic carbocycles. The Balaban J connectivity index is 1.95. The SMILES string of the molecule is CC(C)CNC(=O)CN1C(=O)N[C@@](C)(CCc2ccccc2)C1=O. The first-order valence-corrected chi connectivity index (χ1v) is 8.26. The van der Waals surface area contributed by atoms with Crippen molar-refractivity contribution < 1.29 is 14.4 Å². The predicted molar refractivity (Wildman–Crippen MR) is 91.3 cm³/mol. The molecule has 0 spiro atoms. The molecule has 2 N–H and O–H groups in total. The molecule has 1 aliphatic rings. The zero-order valence-electron chi connectivity index (χ0n) is 14.5. The van der Waals surface area contributed by atoms with Gasteiger partial charge in [-0.3, -0.25) is 14.5 Å². The molecule has 6 heteroatoms. The molecule has 0 unspecified atom stereocenters. The van der Waals surface area contributed by atoms with Gasteiger partial charge in [-0.2, -0.15) is 0 Å². The van der Waals surface area contributed by atoms with Gasteiger partial charge in [-0.15, -0.1) is 0 Å². The lowest BCUT2D eigenvalue weighted by Crippen LogP contribution is -2.45. The van der Waals surface area contributed by atoms with Gasteiger partial charge >= 0.3 is 6.03 Å². The summed E-state index contributed by atoms with van der Waals surface area (Å²) < 4.78 is 0. The molecule has 0 bridgehead atoms. The topological polar surface area (TPSA) is 78.5 Å². The molecule has 1 aliphatic heterocycles. The largest absolute Gasteiger partial charge is 0.354 e. The quantitative estimate of drug-likeness (QED) is 0.747. The fraction of sp³-hybridized carbons (Fsp3) is 0.500. The third kappa shape index (κ3) is 4.34. The van der Waals surface area contributed by atoms with Crippen LogP contribution in [0, 0.1) is 5.92 Å². The molecule has 24 heavy (non-hydrogen) atoms. The van der Waals surface area contributed by atoms with E-state index < -0.39 is 11.6 Å². The molecule has 6 nitrogen and oxygen atoms in total. The van der Waals surface area contributed by atoms with Gasteiger partial charge in [0.2, 0.25) is 5.91 Å². The van der Waals surface area contributed by atoms with Crippen LogP contribution in [0.25, 0.3) is 0 Å². The standard InChI is InChI=1S/C18H25N3O3/c1-13(2)11-19-15(22)12-21-16(23)18(3,20-17(21)24)10-9-14-7-5-4-6-8-14/h4-8,13H,9-12H2,1-3H3,(H,19,22)(H,20,24)/t18-/m0/s1. The molecular weight excluding hydrogens is 306 g/mol. The van der Waals surface area contributed by atoms with E-state index in [1.54, 1.807) is 6.92 Å². The number of imide groups is 1. The van der Waals surface area contributed by atoms with Gasteiger partial charge in [-0.25, -0.2) is 4.79 Å². The lowest BCUT2D eigenvalue weighted by molar-refractivity contribution is -0.134. The highest BCUT2D eigenvalue weighted by molar-refractivity contribution is 6.08. The van der Waals surface area contributed by atoms with E-state index in [4.69, 9.17) is 0 Å². The van der Waals surface area contributed by atoms with E-state index in [9.17, 15) is 14.4 Å². The van der Waals surface area contributed by atoms with Crippen molar-refractivity contribution >= 4 is 17.8 Å². The number of aryl methyl sites for hydroxylation is 1. The zero-order chi connectivity index (χ0) is 17.7. The maximum absolute atomic E-state index is 12.6. The number of rotatable bonds is 7. The van der Waals surface area contributed by atoms with Crippen molar-refractivity contribution in [3.8, 4) is 0 Å². The lowest BCUT2D eigenvalue weighted by atomic mass is 9.93. The number of hydrogen-bond donors (Lipinski definition) is 2. The highest BCUT2D eigenvalue weighted by Gasteiger charge is 2.47. The Morgan fingerprint density at radius 3 is 2.54 bits per heavy atom. The maximum atomic E-state index is 12.6. The van der Waals surface area contributed by atoms with Crippen LogP contribution < -0.4 is 10.6 Å². The van der Waals surface area contributed by atoms with Gasteiger partial charge in [0.25, 0.3) is 5.91 Å². The average molecular weight is 331 g/mol. The number of carbonyl (C=O) groups is 3. The van der Waals surface area contributed by atoms with E-state index >= 15 is 0 Å². The minimum Gasteiger partial charge on any atom is -0.354 e. The molecule has 130 valence electrons. The van der Waals surface area contributed by atoms with Gasteiger partial charge in [-0.05, 0) is 31.2 Å². The number of carbonyl (C=O) groups excluding carboxylic acids is 3. The van der Waals surface area contributed by atoms with Crippen LogP contribution >= 0.6 is 0 Å². The molecule has 4 amide bonds. The normalized spacial score (nSPS) is 20.4. The predicted octanol–water partition coefficient (Wildman–Crippen LogP) is 1.70. The van der Waals surface area contributed by atoms with Crippen LogP contribution in [-0.4, -0.2) is 41.4 Å². The van der Waals surface area contributed by atoms with E-state index in [1.807, 2.05) is 44.2 Å². The summed E-state index contributed by atoms with van der Waals surface area (Å²) in [5, 5.41) is 5.45. The van der Waals surface area contributed by atoms with Gasteiger partial charge in [0.15, 0.2) is 0 Å². The number of nitrogens with zero attached hydrogens (tertiary/aromatic N) is 1. The molecule has 1 fully saturated rings. The number of benzene rings is 1. The van der Waals surface area contributed by atoms with Crippen LogP contribution in [0.3, 0.4) is 0 Å². The van der Waals surface area contributed by atoms with Crippen molar-refractivity contribution in [2.24, 2.45) is 5.92 Å². The maximum Gasteiger partial charge on any atom is 0.325 e. The Morgan fingerprint density at radius 1 is 1.25 bits per heavy atom. The van der Waals surface area contributed by atoms with E-state index in [1.165, 1.54) is 0 Å². The third-order valence-electron chi connectivity index (χ3n) is 4.11. The minimum absolute atomic E-state index is 0.238. The molecule has 0 radical (unpaired) electrons. The van der Waals surface area contributed by atoms with Crippen molar-refractivity contribution in [2.45, 2.75) is 39.2 Å². The van der Waals surface area contributed by atoms with Gasteiger partial charge in [0.1, 0.15) is 12.1 Å². The van der Waals surface area contributed by atoms with Crippen LogP contribution in [0.1, 0.15) is 32.8 Å². The Kier molecular flexibility index (Phi) is 5.59. The second kappa shape index (κ2) is 7.47. The van der Waals surface area contributed by atoms with Crippen LogP contribution in [-0.2, 0) is 16.0 Å². The molecule has 1 atom stereocenters. The van der Waals surface area contributed by atoms with Crippen molar-refractivity contribution in [2.75, 3.05) is 13.1 Å². The molecule has 1 heterocycles. The summed E-state index contributed by atoms with van der Waals surface area (Å²) in [6.45, 7) is 5.96. The van der Waals surface area contributed by atoms with Crippen LogP contribution in [0.4, 0.5) is 4.79 Å². The summed E-state index contributed by atoms with van der Waals surface area (Å²) in [7, 11) is 0. The van der Waals surface area contributed by atoms with Crippen molar-refractivity contribution in [1.29, 1.82) is 0 Å². The van der Waals surface area contributed by atoms with Crippen LogP contribution in [0.15, 0.2) is 30.3 Å². The summed E-state index contributed by atoms with van der Waals surface area (Å²) in [4.78, 5) is 37.6. The molecule has 0 aromatic heterocycles. The van der Waals surface area contributed by atoms with Crippen LogP contribution in [0.2, 0.25) is 0 Å². The Labute approximate surface area is 142 Å². The third-order valence-corrected chi connectivity index (χ3v) is 4.11. The fourth-order valence-electron chi connectivity index (χ4n) is 2.62. The van der Waals surface area contributed by atoms with E-state index in [-0.39, 0.29) is 18.4 Å². The summed E-state index contributed by atoms with van der Waals surface area (Å²) >= 11 is 0. The van der Waals surface area contributed by atoms with Gasteiger partial charge < -0.3 is 10.6 Å². The van der Waals surface area contributed by atoms with Gasteiger partial charge in [-0.1, -0.05) is 44.2 Å². The van der Waals surface area contributed by atoms with E-state index in [2.05, 4.69) is 10.6 Å². The summed E-state index contributed by atoms with van der Waals surface area (Å²) in [6.07, 6.45) is 1.17. The summed E-state index contributed by atoms with van der Waals surface area (Å²) in [6, 6.07) is 9.29. The monoisotopic (exact) mass is 331 g/mol. The summed E-state index contributed by atoms with van der Waals surface area (Å²) in [5.41, 5.74) is 0.138. The lowest BCUT2D eigenvalue weighted by Gasteiger charge is -2.21. The zero-order valence-corrected chi connectivity index (χ0v) is 14.5. The second-order valence-corrected chi connectivity index (χ2v) is 6.84. The summed E-state index contributed by atoms with van der Waals surface area (Å²) in [5.74, 6) is -0.351. The number of nitrogens with one attached hydrogen (secondary N) is 2. The van der Waals surface area contributed by atoms with Gasteiger partial charge in [0, 0.05) is 6.54 Å².